The molecule has 0 aromatic heterocycles. The van der Waals surface area contributed by atoms with Crippen molar-refractivity contribution in [3.8, 4) is 0 Å². The fourth-order valence-electron chi connectivity index (χ4n) is 3.29. The molecule has 2 aliphatic rings. The average molecular weight is 245 g/mol. The van der Waals surface area contributed by atoms with Crippen molar-refractivity contribution in [3.05, 3.63) is 35.4 Å². The lowest BCUT2D eigenvalue weighted by Crippen LogP contribution is -2.47. The number of hydrogen-bond donors (Lipinski definition) is 1. The van der Waals surface area contributed by atoms with E-state index in [0.717, 1.165) is 6.61 Å². The number of fused-ring (bicyclic) bond motifs is 1. The second-order valence-electron chi connectivity index (χ2n) is 5.56. The first-order chi connectivity index (χ1) is 8.86. The summed E-state index contributed by atoms with van der Waals surface area (Å²) in [5, 5.41) is 3.82. The van der Waals surface area contributed by atoms with Crippen LogP contribution in [0.3, 0.4) is 0 Å². The summed E-state index contributed by atoms with van der Waals surface area (Å²) in [6, 6.07) is 10.1. The average Bonchev–Trinajstić information content (AvgIpc) is 2.37. The Balaban J connectivity index is 1.59. The summed E-state index contributed by atoms with van der Waals surface area (Å²) in [7, 11) is 0. The molecule has 1 aromatic rings. The topological polar surface area (TPSA) is 21.3 Å². The molecular weight excluding hydrogens is 222 g/mol. The van der Waals surface area contributed by atoms with E-state index in [9.17, 15) is 0 Å². The molecule has 1 N–H and O–H groups in total. The predicted molar refractivity (Wildman–Crippen MR) is 73.7 cm³/mol. The van der Waals surface area contributed by atoms with Gasteiger partial charge < -0.3 is 10.1 Å². The Hall–Kier alpha value is -0.860. The highest BCUT2D eigenvalue weighted by atomic mass is 16.5. The Labute approximate surface area is 110 Å². The number of rotatable bonds is 4. The van der Waals surface area contributed by atoms with Gasteiger partial charge >= 0.3 is 0 Å². The number of ether oxygens (including phenoxy) is 1. The molecule has 18 heavy (non-hydrogen) atoms. The summed E-state index contributed by atoms with van der Waals surface area (Å²) < 4.78 is 5.63. The molecule has 0 amide bonds. The maximum absolute atomic E-state index is 5.63. The SMILES string of the molecule is CCOC1CC(NC2CCCc3ccccc32)C1. The second kappa shape index (κ2) is 5.41. The molecule has 0 saturated heterocycles. The summed E-state index contributed by atoms with van der Waals surface area (Å²) in [5.41, 5.74) is 3.07. The van der Waals surface area contributed by atoms with Gasteiger partial charge in [0.2, 0.25) is 0 Å². The quantitative estimate of drug-likeness (QED) is 0.879. The van der Waals surface area contributed by atoms with Gasteiger partial charge in [0.1, 0.15) is 0 Å². The molecule has 0 heterocycles. The zero-order chi connectivity index (χ0) is 12.4. The van der Waals surface area contributed by atoms with Gasteiger partial charge in [-0.3, -0.25) is 0 Å². The van der Waals surface area contributed by atoms with Crippen LogP contribution in [0.5, 0.6) is 0 Å². The lowest BCUT2D eigenvalue weighted by molar-refractivity contribution is -0.0129. The fraction of sp³-hybridized carbons (Fsp3) is 0.625. The molecule has 98 valence electrons. The summed E-state index contributed by atoms with van der Waals surface area (Å²) >= 11 is 0. The molecule has 0 aliphatic heterocycles. The molecule has 2 aliphatic carbocycles. The third-order valence-electron chi connectivity index (χ3n) is 4.30. The van der Waals surface area contributed by atoms with Crippen molar-refractivity contribution in [3.63, 3.8) is 0 Å². The normalized spacial score (nSPS) is 30.6. The summed E-state index contributed by atoms with van der Waals surface area (Å²) in [6.07, 6.45) is 6.73. The van der Waals surface area contributed by atoms with Gasteiger partial charge in [-0.2, -0.15) is 0 Å². The van der Waals surface area contributed by atoms with E-state index in [0.29, 0.717) is 18.2 Å². The molecule has 2 heteroatoms. The van der Waals surface area contributed by atoms with Crippen molar-refractivity contribution in [2.75, 3.05) is 6.61 Å². The van der Waals surface area contributed by atoms with Crippen molar-refractivity contribution in [2.24, 2.45) is 0 Å². The van der Waals surface area contributed by atoms with E-state index in [4.69, 9.17) is 4.74 Å². The molecule has 3 rings (SSSR count). The summed E-state index contributed by atoms with van der Waals surface area (Å²) in [5.74, 6) is 0. The largest absolute Gasteiger partial charge is 0.378 e. The molecule has 1 atom stereocenters. The Morgan fingerprint density at radius 2 is 2.11 bits per heavy atom. The highest BCUT2D eigenvalue weighted by molar-refractivity contribution is 5.32. The van der Waals surface area contributed by atoms with E-state index in [1.807, 2.05) is 0 Å². The van der Waals surface area contributed by atoms with Gasteiger partial charge in [0.25, 0.3) is 0 Å². The molecule has 0 bridgehead atoms. The third-order valence-corrected chi connectivity index (χ3v) is 4.30. The Kier molecular flexibility index (Phi) is 3.67. The van der Waals surface area contributed by atoms with Gasteiger partial charge in [-0.1, -0.05) is 24.3 Å². The molecule has 1 fully saturated rings. The van der Waals surface area contributed by atoms with Crippen molar-refractivity contribution in [1.82, 2.24) is 5.32 Å². The number of benzene rings is 1. The van der Waals surface area contributed by atoms with Gasteiger partial charge in [0.15, 0.2) is 0 Å². The standard InChI is InChI=1S/C16H23NO/c1-2-18-14-10-13(11-14)17-16-9-5-7-12-6-3-4-8-15(12)16/h3-4,6,8,13-14,16-17H,2,5,7,9-11H2,1H3. The lowest BCUT2D eigenvalue weighted by Gasteiger charge is -2.39. The van der Waals surface area contributed by atoms with Crippen LogP contribution in [0.1, 0.15) is 49.8 Å². The van der Waals surface area contributed by atoms with E-state index in [1.165, 1.54) is 37.7 Å². The molecule has 1 aromatic carbocycles. The van der Waals surface area contributed by atoms with Crippen LogP contribution in [0.15, 0.2) is 24.3 Å². The minimum absolute atomic E-state index is 0.506. The molecule has 2 nitrogen and oxygen atoms in total. The summed E-state index contributed by atoms with van der Waals surface area (Å²) in [4.78, 5) is 0. The van der Waals surface area contributed by atoms with Crippen molar-refractivity contribution < 1.29 is 4.74 Å². The monoisotopic (exact) mass is 245 g/mol. The smallest absolute Gasteiger partial charge is 0.0604 e. The lowest BCUT2D eigenvalue weighted by atomic mass is 9.84. The minimum Gasteiger partial charge on any atom is -0.378 e. The van der Waals surface area contributed by atoms with E-state index < -0.39 is 0 Å². The van der Waals surface area contributed by atoms with Crippen LogP contribution in [0.2, 0.25) is 0 Å². The van der Waals surface area contributed by atoms with Crippen LogP contribution in [0.25, 0.3) is 0 Å². The highest BCUT2D eigenvalue weighted by Crippen LogP contribution is 2.33. The van der Waals surface area contributed by atoms with Gasteiger partial charge in [-0.25, -0.2) is 0 Å². The Morgan fingerprint density at radius 3 is 2.94 bits per heavy atom. The maximum atomic E-state index is 5.63. The summed E-state index contributed by atoms with van der Waals surface area (Å²) in [6.45, 7) is 2.93. The highest BCUT2D eigenvalue weighted by Gasteiger charge is 2.32. The van der Waals surface area contributed by atoms with Crippen LogP contribution in [0.4, 0.5) is 0 Å². The maximum Gasteiger partial charge on any atom is 0.0604 e. The van der Waals surface area contributed by atoms with Crippen LogP contribution >= 0.6 is 0 Å². The first kappa shape index (κ1) is 12.2. The van der Waals surface area contributed by atoms with Crippen molar-refractivity contribution in [2.45, 2.75) is 57.2 Å². The van der Waals surface area contributed by atoms with Crippen LogP contribution in [-0.4, -0.2) is 18.8 Å². The first-order valence-corrected chi connectivity index (χ1v) is 7.32. The Bertz CT molecular complexity index is 398. The number of hydrogen-bond acceptors (Lipinski definition) is 2. The molecule has 1 saturated carbocycles. The zero-order valence-electron chi connectivity index (χ0n) is 11.2. The first-order valence-electron chi connectivity index (χ1n) is 7.32. The number of nitrogens with one attached hydrogen (secondary N) is 1. The minimum atomic E-state index is 0.506. The van der Waals surface area contributed by atoms with E-state index in [1.54, 1.807) is 5.56 Å². The molecule has 1 unspecified atom stereocenters. The van der Waals surface area contributed by atoms with E-state index in [-0.39, 0.29) is 0 Å². The van der Waals surface area contributed by atoms with Gasteiger partial charge in [-0.15, -0.1) is 0 Å². The van der Waals surface area contributed by atoms with Crippen LogP contribution in [-0.2, 0) is 11.2 Å². The van der Waals surface area contributed by atoms with Crippen LogP contribution < -0.4 is 5.32 Å². The van der Waals surface area contributed by atoms with Crippen LogP contribution in [0, 0.1) is 0 Å². The Morgan fingerprint density at radius 1 is 1.28 bits per heavy atom. The molecular formula is C16H23NO. The fourth-order valence-corrected chi connectivity index (χ4v) is 3.29. The molecule has 0 spiro atoms. The van der Waals surface area contributed by atoms with Gasteiger partial charge in [0, 0.05) is 18.7 Å². The van der Waals surface area contributed by atoms with Gasteiger partial charge in [-0.05, 0) is 50.2 Å². The second-order valence-corrected chi connectivity index (χ2v) is 5.56. The van der Waals surface area contributed by atoms with E-state index >= 15 is 0 Å². The third kappa shape index (κ3) is 2.45. The van der Waals surface area contributed by atoms with Gasteiger partial charge in [0.05, 0.1) is 6.10 Å². The van der Waals surface area contributed by atoms with E-state index in [2.05, 4.69) is 36.5 Å². The molecule has 0 radical (unpaired) electrons. The zero-order valence-corrected chi connectivity index (χ0v) is 11.2. The van der Waals surface area contributed by atoms with Crippen molar-refractivity contribution in [1.29, 1.82) is 0 Å². The van der Waals surface area contributed by atoms with Crippen molar-refractivity contribution >= 4 is 0 Å². The number of aryl methyl sites for hydroxylation is 1. The predicted octanol–water partition coefficient (Wildman–Crippen LogP) is 3.22.